The Morgan fingerprint density at radius 3 is 2.60 bits per heavy atom. The van der Waals surface area contributed by atoms with Crippen molar-refractivity contribution in [2.24, 2.45) is 5.73 Å². The summed E-state index contributed by atoms with van der Waals surface area (Å²) in [5, 5.41) is 0. The number of likely N-dealkylation sites (tertiary alicyclic amines) is 1. The van der Waals surface area contributed by atoms with Crippen molar-refractivity contribution in [2.45, 2.75) is 37.3 Å². The molecule has 0 aromatic heterocycles. The smallest absolute Gasteiger partial charge is 0.0473 e. The zero-order chi connectivity index (χ0) is 14.1. The first-order chi connectivity index (χ1) is 9.70. The Hall–Kier alpha value is -0.900. The first kappa shape index (κ1) is 14.1. The highest BCUT2D eigenvalue weighted by Gasteiger charge is 2.33. The van der Waals surface area contributed by atoms with Gasteiger partial charge in [-0.25, -0.2) is 0 Å². The van der Waals surface area contributed by atoms with Gasteiger partial charge < -0.3 is 10.6 Å². The molecule has 2 atom stereocenters. The van der Waals surface area contributed by atoms with Crippen LogP contribution < -0.4 is 5.73 Å². The molecule has 1 saturated carbocycles. The van der Waals surface area contributed by atoms with Crippen LogP contribution >= 0.6 is 0 Å². The van der Waals surface area contributed by atoms with Gasteiger partial charge in [-0.1, -0.05) is 24.3 Å². The largest absolute Gasteiger partial charge is 0.329 e. The molecule has 3 heteroatoms. The van der Waals surface area contributed by atoms with Gasteiger partial charge in [0, 0.05) is 31.7 Å². The van der Waals surface area contributed by atoms with Gasteiger partial charge in [0.05, 0.1) is 0 Å². The van der Waals surface area contributed by atoms with Crippen LogP contribution in [0, 0.1) is 0 Å². The van der Waals surface area contributed by atoms with Crippen LogP contribution in [-0.2, 0) is 0 Å². The van der Waals surface area contributed by atoms with Gasteiger partial charge in [-0.3, -0.25) is 4.90 Å². The predicted octanol–water partition coefficient (Wildman–Crippen LogP) is 2.20. The molecular formula is C17H27N3. The highest BCUT2D eigenvalue weighted by Crippen LogP contribution is 2.43. The van der Waals surface area contributed by atoms with Crippen LogP contribution in [0.5, 0.6) is 0 Å². The lowest BCUT2D eigenvalue weighted by molar-refractivity contribution is 0.220. The summed E-state index contributed by atoms with van der Waals surface area (Å²) in [6, 6.07) is 10.0. The van der Waals surface area contributed by atoms with Gasteiger partial charge in [-0.15, -0.1) is 0 Å². The minimum atomic E-state index is 0.400. The average molecular weight is 273 g/mol. The van der Waals surface area contributed by atoms with E-state index in [0.717, 1.165) is 19.0 Å². The van der Waals surface area contributed by atoms with Crippen LogP contribution in [-0.4, -0.2) is 49.6 Å². The van der Waals surface area contributed by atoms with Gasteiger partial charge in [0.25, 0.3) is 0 Å². The summed E-state index contributed by atoms with van der Waals surface area (Å²) in [5.74, 6) is 0.799. The standard InChI is InChI=1S/C17H27N3/c1-19(2)14-9-10-20(12-14)17(11-18)16-6-4-3-5-15(16)13-7-8-13/h3-6,13-14,17H,7-12,18H2,1-2H3. The van der Waals surface area contributed by atoms with E-state index in [2.05, 4.69) is 48.2 Å². The van der Waals surface area contributed by atoms with Crippen molar-refractivity contribution >= 4 is 0 Å². The van der Waals surface area contributed by atoms with E-state index in [9.17, 15) is 0 Å². The maximum absolute atomic E-state index is 6.14. The zero-order valence-corrected chi connectivity index (χ0v) is 12.8. The number of nitrogens with zero attached hydrogens (tertiary/aromatic N) is 2. The van der Waals surface area contributed by atoms with Gasteiger partial charge in [-0.05, 0) is 50.4 Å². The second-order valence-electron chi connectivity index (χ2n) is 6.56. The maximum atomic E-state index is 6.14. The van der Waals surface area contributed by atoms with Crippen molar-refractivity contribution < 1.29 is 0 Å². The van der Waals surface area contributed by atoms with E-state index in [1.165, 1.54) is 31.4 Å². The molecule has 1 aromatic carbocycles. The van der Waals surface area contributed by atoms with Gasteiger partial charge in [0.2, 0.25) is 0 Å². The number of benzene rings is 1. The van der Waals surface area contributed by atoms with Crippen LogP contribution in [0.15, 0.2) is 24.3 Å². The fourth-order valence-electron chi connectivity index (χ4n) is 3.53. The second-order valence-corrected chi connectivity index (χ2v) is 6.56. The van der Waals surface area contributed by atoms with E-state index in [4.69, 9.17) is 5.73 Å². The first-order valence-corrected chi connectivity index (χ1v) is 7.90. The van der Waals surface area contributed by atoms with Crippen LogP contribution in [0.1, 0.15) is 42.3 Å². The lowest BCUT2D eigenvalue weighted by atomic mass is 9.96. The van der Waals surface area contributed by atoms with E-state index < -0.39 is 0 Å². The Bertz CT molecular complexity index is 453. The number of hydrogen-bond donors (Lipinski definition) is 1. The lowest BCUT2D eigenvalue weighted by Crippen LogP contribution is -2.36. The monoisotopic (exact) mass is 273 g/mol. The third-order valence-corrected chi connectivity index (χ3v) is 4.96. The Morgan fingerprint density at radius 2 is 2.00 bits per heavy atom. The fourth-order valence-corrected chi connectivity index (χ4v) is 3.53. The SMILES string of the molecule is CN(C)C1CCN(C(CN)c2ccccc2C2CC2)C1. The van der Waals surface area contributed by atoms with E-state index in [0.29, 0.717) is 12.1 Å². The van der Waals surface area contributed by atoms with Crippen LogP contribution in [0.3, 0.4) is 0 Å². The van der Waals surface area contributed by atoms with E-state index in [1.54, 1.807) is 5.56 Å². The minimum absolute atomic E-state index is 0.400. The Balaban J connectivity index is 1.80. The van der Waals surface area contributed by atoms with Crippen molar-refractivity contribution in [3.05, 3.63) is 35.4 Å². The molecule has 2 aliphatic rings. The normalized spacial score (nSPS) is 25.3. The molecule has 2 fully saturated rings. The minimum Gasteiger partial charge on any atom is -0.329 e. The van der Waals surface area contributed by atoms with Gasteiger partial charge >= 0.3 is 0 Å². The zero-order valence-electron chi connectivity index (χ0n) is 12.8. The molecule has 0 radical (unpaired) electrons. The lowest BCUT2D eigenvalue weighted by Gasteiger charge is -2.29. The molecule has 2 unspecified atom stereocenters. The van der Waals surface area contributed by atoms with E-state index >= 15 is 0 Å². The predicted molar refractivity (Wildman–Crippen MR) is 83.9 cm³/mol. The molecule has 0 amide bonds. The van der Waals surface area contributed by atoms with Crippen molar-refractivity contribution in [3.8, 4) is 0 Å². The van der Waals surface area contributed by atoms with Crippen LogP contribution in [0.25, 0.3) is 0 Å². The molecule has 1 heterocycles. The molecule has 3 nitrogen and oxygen atoms in total. The molecule has 1 aliphatic heterocycles. The summed E-state index contributed by atoms with van der Waals surface area (Å²) in [5.41, 5.74) is 9.18. The molecule has 2 N–H and O–H groups in total. The Kier molecular flexibility index (Phi) is 4.11. The molecule has 0 spiro atoms. The first-order valence-electron chi connectivity index (χ1n) is 7.90. The number of rotatable bonds is 5. The number of hydrogen-bond acceptors (Lipinski definition) is 3. The van der Waals surface area contributed by atoms with E-state index in [1.807, 2.05) is 0 Å². The topological polar surface area (TPSA) is 32.5 Å². The summed E-state index contributed by atoms with van der Waals surface area (Å²) in [6.07, 6.45) is 3.97. The average Bonchev–Trinajstić information content (AvgIpc) is 3.18. The summed E-state index contributed by atoms with van der Waals surface area (Å²) in [6.45, 7) is 3.04. The Morgan fingerprint density at radius 1 is 1.25 bits per heavy atom. The molecule has 1 aliphatic carbocycles. The molecule has 1 aromatic rings. The number of likely N-dealkylation sites (N-methyl/N-ethyl adjacent to an activating group) is 1. The third-order valence-electron chi connectivity index (χ3n) is 4.96. The quantitative estimate of drug-likeness (QED) is 0.892. The van der Waals surface area contributed by atoms with Crippen molar-refractivity contribution in [1.82, 2.24) is 9.80 Å². The molecule has 0 bridgehead atoms. The molecule has 20 heavy (non-hydrogen) atoms. The molecule has 1 saturated heterocycles. The van der Waals surface area contributed by atoms with Crippen molar-refractivity contribution in [3.63, 3.8) is 0 Å². The van der Waals surface area contributed by atoms with Crippen LogP contribution in [0.2, 0.25) is 0 Å². The number of nitrogens with two attached hydrogens (primary N) is 1. The summed E-state index contributed by atoms with van der Waals surface area (Å²) in [7, 11) is 4.37. The van der Waals surface area contributed by atoms with Gasteiger partial charge in [0.15, 0.2) is 0 Å². The summed E-state index contributed by atoms with van der Waals surface area (Å²) >= 11 is 0. The summed E-state index contributed by atoms with van der Waals surface area (Å²) < 4.78 is 0. The van der Waals surface area contributed by atoms with Crippen molar-refractivity contribution in [1.29, 1.82) is 0 Å². The van der Waals surface area contributed by atoms with Crippen molar-refractivity contribution in [2.75, 3.05) is 33.7 Å². The van der Waals surface area contributed by atoms with Crippen LogP contribution in [0.4, 0.5) is 0 Å². The molecule has 3 rings (SSSR count). The molecule has 110 valence electrons. The highest BCUT2D eigenvalue weighted by molar-refractivity contribution is 5.36. The maximum Gasteiger partial charge on any atom is 0.0473 e. The third kappa shape index (κ3) is 2.76. The molecular weight excluding hydrogens is 246 g/mol. The highest BCUT2D eigenvalue weighted by atomic mass is 15.3. The van der Waals surface area contributed by atoms with E-state index in [-0.39, 0.29) is 0 Å². The second kappa shape index (κ2) is 5.84. The summed E-state index contributed by atoms with van der Waals surface area (Å²) in [4.78, 5) is 4.94. The Labute approximate surface area is 122 Å². The fraction of sp³-hybridized carbons (Fsp3) is 0.647. The van der Waals surface area contributed by atoms with Gasteiger partial charge in [0.1, 0.15) is 0 Å². The van der Waals surface area contributed by atoms with Gasteiger partial charge in [-0.2, -0.15) is 0 Å².